The van der Waals surface area contributed by atoms with E-state index in [0.29, 0.717) is 27.0 Å². The van der Waals surface area contributed by atoms with Crippen molar-refractivity contribution >= 4 is 45.5 Å². The normalized spacial score (nSPS) is 10.6. The number of nitrogens with zero attached hydrogens (tertiary/aromatic N) is 1. The average molecular weight is 531 g/mol. The van der Waals surface area contributed by atoms with Gasteiger partial charge in [-0.3, -0.25) is 4.79 Å². The highest BCUT2D eigenvalue weighted by molar-refractivity contribution is 9.10. The number of methoxy groups -OCH3 is 1. The molecule has 2 aromatic carbocycles. The molecule has 0 aliphatic rings. The van der Waals surface area contributed by atoms with E-state index in [4.69, 9.17) is 18.9 Å². The fourth-order valence-electron chi connectivity index (χ4n) is 2.68. The molecule has 0 aliphatic heterocycles. The third-order valence-corrected chi connectivity index (χ3v) is 4.94. The Morgan fingerprint density at radius 2 is 1.74 bits per heavy atom. The van der Waals surface area contributed by atoms with Crippen molar-refractivity contribution in [3.8, 4) is 17.6 Å². The summed E-state index contributed by atoms with van der Waals surface area (Å²) in [5.74, 6) is -1.05. The zero-order valence-electron chi connectivity index (χ0n) is 18.8. The van der Waals surface area contributed by atoms with Crippen molar-refractivity contribution in [1.82, 2.24) is 0 Å². The van der Waals surface area contributed by atoms with Gasteiger partial charge in [0.05, 0.1) is 25.9 Å². The number of benzene rings is 2. The maximum Gasteiger partial charge on any atom is 0.344 e. The summed E-state index contributed by atoms with van der Waals surface area (Å²) in [5, 5.41) is 12.1. The summed E-state index contributed by atoms with van der Waals surface area (Å²) < 4.78 is 21.0. The van der Waals surface area contributed by atoms with Crippen molar-refractivity contribution in [1.29, 1.82) is 5.26 Å². The lowest BCUT2D eigenvalue weighted by Gasteiger charge is -2.12. The van der Waals surface area contributed by atoms with E-state index < -0.39 is 17.8 Å². The predicted octanol–water partition coefficient (Wildman–Crippen LogP) is 4.12. The molecule has 9 nitrogen and oxygen atoms in total. The number of esters is 2. The summed E-state index contributed by atoms with van der Waals surface area (Å²) in [4.78, 5) is 35.9. The number of halogens is 1. The van der Waals surface area contributed by atoms with Crippen LogP contribution in [0, 0.1) is 11.3 Å². The second-order valence-corrected chi connectivity index (χ2v) is 7.39. The molecular weight excluding hydrogens is 508 g/mol. The van der Waals surface area contributed by atoms with Gasteiger partial charge in [-0.2, -0.15) is 5.26 Å². The molecule has 1 N–H and O–H groups in total. The molecule has 0 radical (unpaired) electrons. The van der Waals surface area contributed by atoms with E-state index in [9.17, 15) is 19.6 Å². The molecule has 10 heteroatoms. The number of ether oxygens (including phenoxy) is 4. The van der Waals surface area contributed by atoms with Crippen LogP contribution < -0.4 is 14.8 Å². The Bertz CT molecular complexity index is 1120. The van der Waals surface area contributed by atoms with Crippen LogP contribution in [0.1, 0.15) is 29.8 Å². The summed E-state index contributed by atoms with van der Waals surface area (Å²) in [5.41, 5.74) is 1.05. The van der Waals surface area contributed by atoms with Crippen molar-refractivity contribution in [2.24, 2.45) is 0 Å². The van der Waals surface area contributed by atoms with Gasteiger partial charge in [0.2, 0.25) is 0 Å². The lowest BCUT2D eigenvalue weighted by molar-refractivity contribution is -0.145. The maximum atomic E-state index is 12.6. The monoisotopic (exact) mass is 530 g/mol. The van der Waals surface area contributed by atoms with Crippen LogP contribution in [0.2, 0.25) is 0 Å². The third kappa shape index (κ3) is 7.35. The first-order valence-corrected chi connectivity index (χ1v) is 11.0. The second-order valence-electron chi connectivity index (χ2n) is 6.54. The van der Waals surface area contributed by atoms with Crippen molar-refractivity contribution in [2.75, 3.05) is 32.2 Å². The molecule has 2 aromatic rings. The van der Waals surface area contributed by atoms with Gasteiger partial charge in [0.25, 0.3) is 5.91 Å². The first-order chi connectivity index (χ1) is 16.3. The van der Waals surface area contributed by atoms with Crippen LogP contribution in [0.3, 0.4) is 0 Å². The lowest BCUT2D eigenvalue weighted by Crippen LogP contribution is -2.15. The van der Waals surface area contributed by atoms with Gasteiger partial charge in [-0.1, -0.05) is 15.9 Å². The maximum absolute atomic E-state index is 12.6. The minimum Gasteiger partial charge on any atom is -0.493 e. The van der Waals surface area contributed by atoms with E-state index in [-0.39, 0.29) is 31.1 Å². The number of nitrogens with one attached hydrogen (secondary N) is 1. The number of amides is 1. The standard InChI is InChI=1S/C24H23BrN2O7/c1-4-32-22(28)14-34-21-12-19(25)16(11-20(21)31-3)10-17(13-26)23(29)27-18-8-6-15(7-9-18)24(30)33-5-2/h6-12H,4-5,14H2,1-3H3,(H,27,29)/b17-10+. The molecule has 0 heterocycles. The van der Waals surface area contributed by atoms with Crippen molar-refractivity contribution in [3.05, 3.63) is 57.6 Å². The Hall–Kier alpha value is -3.84. The van der Waals surface area contributed by atoms with E-state index in [2.05, 4.69) is 21.2 Å². The van der Waals surface area contributed by atoms with Crippen LogP contribution in [-0.2, 0) is 19.1 Å². The van der Waals surface area contributed by atoms with Gasteiger partial charge < -0.3 is 24.3 Å². The molecule has 178 valence electrons. The Morgan fingerprint density at radius 1 is 1.06 bits per heavy atom. The molecule has 0 saturated heterocycles. The number of carbonyl (C=O) groups is 3. The molecule has 0 unspecified atom stereocenters. The molecule has 0 bridgehead atoms. The zero-order valence-corrected chi connectivity index (χ0v) is 20.4. The van der Waals surface area contributed by atoms with Crippen LogP contribution in [0.25, 0.3) is 6.08 Å². The summed E-state index contributed by atoms with van der Waals surface area (Å²) in [6, 6.07) is 11.1. The summed E-state index contributed by atoms with van der Waals surface area (Å²) in [6.45, 7) is 3.60. The quantitative estimate of drug-likeness (QED) is 0.276. The van der Waals surface area contributed by atoms with Gasteiger partial charge in [0.1, 0.15) is 11.6 Å². The molecular formula is C24H23BrN2O7. The summed E-state index contributed by atoms with van der Waals surface area (Å²) in [7, 11) is 1.42. The molecule has 0 atom stereocenters. The Morgan fingerprint density at radius 3 is 2.32 bits per heavy atom. The molecule has 0 saturated carbocycles. The zero-order chi connectivity index (χ0) is 25.1. The fraction of sp³-hybridized carbons (Fsp3) is 0.250. The van der Waals surface area contributed by atoms with Crippen LogP contribution in [0.4, 0.5) is 5.69 Å². The Kier molecular flexibility index (Phi) is 10.1. The molecule has 2 rings (SSSR count). The molecule has 1 amide bonds. The van der Waals surface area contributed by atoms with E-state index in [0.717, 1.165) is 0 Å². The Labute approximate surface area is 205 Å². The Balaban J connectivity index is 2.20. The van der Waals surface area contributed by atoms with Crippen LogP contribution in [0.5, 0.6) is 11.5 Å². The highest BCUT2D eigenvalue weighted by atomic mass is 79.9. The number of anilines is 1. The van der Waals surface area contributed by atoms with Gasteiger partial charge in [-0.25, -0.2) is 9.59 Å². The molecule has 0 aromatic heterocycles. The smallest absolute Gasteiger partial charge is 0.344 e. The van der Waals surface area contributed by atoms with Gasteiger partial charge in [0.15, 0.2) is 18.1 Å². The number of nitriles is 1. The molecule has 0 spiro atoms. The van der Waals surface area contributed by atoms with Gasteiger partial charge >= 0.3 is 11.9 Å². The highest BCUT2D eigenvalue weighted by Crippen LogP contribution is 2.34. The number of carbonyl (C=O) groups excluding carboxylic acids is 3. The number of hydrogen-bond acceptors (Lipinski definition) is 8. The first kappa shape index (κ1) is 26.4. The molecule has 34 heavy (non-hydrogen) atoms. The predicted molar refractivity (Wildman–Crippen MR) is 127 cm³/mol. The van der Waals surface area contributed by atoms with Gasteiger partial charge in [0, 0.05) is 10.2 Å². The average Bonchev–Trinajstić information content (AvgIpc) is 2.82. The molecule has 0 aliphatic carbocycles. The highest BCUT2D eigenvalue weighted by Gasteiger charge is 2.15. The largest absolute Gasteiger partial charge is 0.493 e. The molecule has 0 fully saturated rings. The summed E-state index contributed by atoms with van der Waals surface area (Å²) in [6.07, 6.45) is 1.38. The van der Waals surface area contributed by atoms with E-state index in [1.807, 2.05) is 6.07 Å². The van der Waals surface area contributed by atoms with E-state index >= 15 is 0 Å². The fourth-order valence-corrected chi connectivity index (χ4v) is 3.12. The minimum atomic E-state index is -0.639. The van der Waals surface area contributed by atoms with Crippen LogP contribution in [-0.4, -0.2) is 44.8 Å². The number of rotatable bonds is 10. The second kappa shape index (κ2) is 13.0. The third-order valence-electron chi connectivity index (χ3n) is 4.25. The van der Waals surface area contributed by atoms with Gasteiger partial charge in [-0.05, 0) is 61.9 Å². The number of hydrogen-bond donors (Lipinski definition) is 1. The summed E-state index contributed by atoms with van der Waals surface area (Å²) >= 11 is 3.37. The van der Waals surface area contributed by atoms with E-state index in [1.165, 1.54) is 37.5 Å². The topological polar surface area (TPSA) is 124 Å². The van der Waals surface area contributed by atoms with Gasteiger partial charge in [-0.15, -0.1) is 0 Å². The van der Waals surface area contributed by atoms with Crippen molar-refractivity contribution in [3.63, 3.8) is 0 Å². The van der Waals surface area contributed by atoms with Crippen molar-refractivity contribution < 1.29 is 33.3 Å². The SMILES string of the molecule is CCOC(=O)COc1cc(Br)c(/C=C(\C#N)C(=O)Nc2ccc(C(=O)OCC)cc2)cc1OC. The van der Waals surface area contributed by atoms with Crippen LogP contribution >= 0.6 is 15.9 Å². The van der Waals surface area contributed by atoms with Crippen LogP contribution in [0.15, 0.2) is 46.4 Å². The lowest BCUT2D eigenvalue weighted by atomic mass is 10.1. The first-order valence-electron chi connectivity index (χ1n) is 10.2. The minimum absolute atomic E-state index is 0.169. The van der Waals surface area contributed by atoms with Crippen molar-refractivity contribution in [2.45, 2.75) is 13.8 Å². The van der Waals surface area contributed by atoms with E-state index in [1.54, 1.807) is 26.0 Å².